The molecule has 1 N–H and O–H groups in total. The van der Waals surface area contributed by atoms with E-state index in [0.29, 0.717) is 12.1 Å². The molecule has 1 rings (SSSR count). The van der Waals surface area contributed by atoms with Crippen LogP contribution in [0.3, 0.4) is 0 Å². The predicted octanol–water partition coefficient (Wildman–Crippen LogP) is 3.13. The number of nitro groups is 1. The van der Waals surface area contributed by atoms with Gasteiger partial charge < -0.3 is 10.1 Å². The molecule has 0 spiro atoms. The molecule has 0 saturated carbocycles. The summed E-state index contributed by atoms with van der Waals surface area (Å²) in [5.74, 6) is 0. The molecule has 5 heteroatoms. The van der Waals surface area contributed by atoms with Crippen LogP contribution in [0.2, 0.25) is 0 Å². The molecule has 0 aliphatic carbocycles. The maximum Gasteiger partial charge on any atom is 0.274 e. The highest BCUT2D eigenvalue weighted by atomic mass is 16.6. The van der Waals surface area contributed by atoms with E-state index in [9.17, 15) is 10.1 Å². The lowest BCUT2D eigenvalue weighted by atomic mass is 10.1. The first-order valence-corrected chi connectivity index (χ1v) is 5.90. The van der Waals surface area contributed by atoms with Gasteiger partial charge in [-0.1, -0.05) is 6.07 Å². The fraction of sp³-hybridized carbons (Fsp3) is 0.538. The standard InChI is InChI=1S/C13H20N2O3/c1-10-5-6-11(9-12(10)15(16)17)14-8-7-13(2,3)18-4/h5-6,9,14H,7-8H2,1-4H3. The van der Waals surface area contributed by atoms with Crippen molar-refractivity contribution < 1.29 is 9.66 Å². The van der Waals surface area contributed by atoms with Gasteiger partial charge in [-0.2, -0.15) is 0 Å². The third-order valence-corrected chi connectivity index (χ3v) is 3.01. The monoisotopic (exact) mass is 252 g/mol. The van der Waals surface area contributed by atoms with E-state index in [2.05, 4.69) is 5.32 Å². The van der Waals surface area contributed by atoms with Crippen molar-refractivity contribution in [1.82, 2.24) is 0 Å². The summed E-state index contributed by atoms with van der Waals surface area (Å²) in [6.45, 7) is 6.45. The number of rotatable bonds is 6. The first-order chi connectivity index (χ1) is 8.35. The smallest absolute Gasteiger partial charge is 0.274 e. The molecular formula is C13H20N2O3. The molecule has 0 aliphatic heterocycles. The van der Waals surface area contributed by atoms with Gasteiger partial charge in [-0.05, 0) is 33.3 Å². The van der Waals surface area contributed by atoms with Crippen molar-refractivity contribution in [1.29, 1.82) is 0 Å². The van der Waals surface area contributed by atoms with Gasteiger partial charge in [0.25, 0.3) is 5.69 Å². The third kappa shape index (κ3) is 4.00. The summed E-state index contributed by atoms with van der Waals surface area (Å²) >= 11 is 0. The molecule has 0 aromatic heterocycles. The van der Waals surface area contributed by atoms with E-state index >= 15 is 0 Å². The Hall–Kier alpha value is -1.62. The van der Waals surface area contributed by atoms with Gasteiger partial charge in [-0.3, -0.25) is 10.1 Å². The van der Waals surface area contributed by atoms with Gasteiger partial charge >= 0.3 is 0 Å². The summed E-state index contributed by atoms with van der Waals surface area (Å²) in [5.41, 5.74) is 1.39. The average Bonchev–Trinajstić information content (AvgIpc) is 2.31. The largest absolute Gasteiger partial charge is 0.385 e. The van der Waals surface area contributed by atoms with Crippen LogP contribution in [0.25, 0.3) is 0 Å². The Kier molecular flexibility index (Phi) is 4.67. The number of anilines is 1. The molecule has 5 nitrogen and oxygen atoms in total. The third-order valence-electron chi connectivity index (χ3n) is 3.01. The quantitative estimate of drug-likeness (QED) is 0.624. The van der Waals surface area contributed by atoms with Crippen molar-refractivity contribution >= 4 is 11.4 Å². The molecule has 1 aromatic carbocycles. The molecular weight excluding hydrogens is 232 g/mol. The van der Waals surface area contributed by atoms with Crippen LogP contribution in [-0.4, -0.2) is 24.2 Å². The number of nitro benzene ring substituents is 1. The number of ether oxygens (including phenoxy) is 1. The normalized spacial score (nSPS) is 11.3. The Morgan fingerprint density at radius 1 is 1.44 bits per heavy atom. The topological polar surface area (TPSA) is 64.4 Å². The summed E-state index contributed by atoms with van der Waals surface area (Å²) in [7, 11) is 1.68. The van der Waals surface area contributed by atoms with Crippen LogP contribution in [-0.2, 0) is 4.74 Å². The number of hydrogen-bond acceptors (Lipinski definition) is 4. The zero-order valence-corrected chi connectivity index (χ0v) is 11.3. The van der Waals surface area contributed by atoms with Crippen LogP contribution in [0.15, 0.2) is 18.2 Å². The van der Waals surface area contributed by atoms with Crippen molar-refractivity contribution in [2.24, 2.45) is 0 Å². The maximum absolute atomic E-state index is 10.8. The highest BCUT2D eigenvalue weighted by Crippen LogP contribution is 2.22. The average molecular weight is 252 g/mol. The molecule has 0 radical (unpaired) electrons. The molecule has 1 aromatic rings. The minimum absolute atomic E-state index is 0.144. The first-order valence-electron chi connectivity index (χ1n) is 5.90. The Morgan fingerprint density at radius 2 is 2.11 bits per heavy atom. The van der Waals surface area contributed by atoms with Gasteiger partial charge in [-0.15, -0.1) is 0 Å². The van der Waals surface area contributed by atoms with Crippen LogP contribution < -0.4 is 5.32 Å². The zero-order valence-electron chi connectivity index (χ0n) is 11.3. The molecule has 0 heterocycles. The van der Waals surface area contributed by atoms with Crippen LogP contribution in [0.1, 0.15) is 25.8 Å². The van der Waals surface area contributed by atoms with Gasteiger partial charge in [0.05, 0.1) is 10.5 Å². The van der Waals surface area contributed by atoms with Crippen molar-refractivity contribution in [3.8, 4) is 0 Å². The summed E-state index contributed by atoms with van der Waals surface area (Å²) in [4.78, 5) is 10.4. The Balaban J connectivity index is 2.64. The van der Waals surface area contributed by atoms with Gasteiger partial charge in [0.2, 0.25) is 0 Å². The van der Waals surface area contributed by atoms with E-state index in [0.717, 1.165) is 12.1 Å². The minimum Gasteiger partial charge on any atom is -0.385 e. The van der Waals surface area contributed by atoms with Gasteiger partial charge in [-0.25, -0.2) is 0 Å². The van der Waals surface area contributed by atoms with Crippen molar-refractivity contribution in [3.63, 3.8) is 0 Å². The van der Waals surface area contributed by atoms with E-state index in [1.54, 1.807) is 26.2 Å². The second kappa shape index (κ2) is 5.82. The summed E-state index contributed by atoms with van der Waals surface area (Å²) in [5, 5.41) is 14.0. The van der Waals surface area contributed by atoms with E-state index in [1.165, 1.54) is 0 Å². The highest BCUT2D eigenvalue weighted by molar-refractivity contribution is 5.54. The van der Waals surface area contributed by atoms with Crippen LogP contribution >= 0.6 is 0 Å². The summed E-state index contributed by atoms with van der Waals surface area (Å²) in [6.07, 6.45) is 0.825. The summed E-state index contributed by atoms with van der Waals surface area (Å²) < 4.78 is 5.31. The number of nitrogens with one attached hydrogen (secondary N) is 1. The zero-order chi connectivity index (χ0) is 13.8. The van der Waals surface area contributed by atoms with Crippen LogP contribution in [0.4, 0.5) is 11.4 Å². The first kappa shape index (κ1) is 14.4. The lowest BCUT2D eigenvalue weighted by Gasteiger charge is -2.23. The molecule has 0 bridgehead atoms. The van der Waals surface area contributed by atoms with Crippen LogP contribution in [0, 0.1) is 17.0 Å². The van der Waals surface area contributed by atoms with Crippen molar-refractivity contribution in [3.05, 3.63) is 33.9 Å². The van der Waals surface area contributed by atoms with Crippen LogP contribution in [0.5, 0.6) is 0 Å². The second-order valence-electron chi connectivity index (χ2n) is 4.90. The highest BCUT2D eigenvalue weighted by Gasteiger charge is 2.16. The molecule has 0 amide bonds. The number of methoxy groups -OCH3 is 1. The SMILES string of the molecule is COC(C)(C)CCNc1ccc(C)c([N+](=O)[O-])c1. The molecule has 0 unspecified atom stereocenters. The van der Waals surface area contributed by atoms with Crippen molar-refractivity contribution in [2.75, 3.05) is 19.0 Å². The molecule has 18 heavy (non-hydrogen) atoms. The fourth-order valence-corrected chi connectivity index (χ4v) is 1.53. The van der Waals surface area contributed by atoms with E-state index in [-0.39, 0.29) is 16.2 Å². The maximum atomic E-state index is 10.8. The number of nitrogens with zero attached hydrogens (tertiary/aromatic N) is 1. The van der Waals surface area contributed by atoms with Gasteiger partial charge in [0, 0.05) is 31.0 Å². The predicted molar refractivity (Wildman–Crippen MR) is 72.0 cm³/mol. The van der Waals surface area contributed by atoms with E-state index in [1.807, 2.05) is 19.9 Å². The van der Waals surface area contributed by atoms with E-state index < -0.39 is 0 Å². The van der Waals surface area contributed by atoms with Gasteiger partial charge in [0.1, 0.15) is 0 Å². The number of benzene rings is 1. The minimum atomic E-state index is -0.362. The Labute approximate surface area is 107 Å². The Bertz CT molecular complexity index is 430. The molecule has 0 aliphatic rings. The molecule has 0 saturated heterocycles. The van der Waals surface area contributed by atoms with Gasteiger partial charge in [0.15, 0.2) is 0 Å². The molecule has 100 valence electrons. The van der Waals surface area contributed by atoms with Crippen molar-refractivity contribution in [2.45, 2.75) is 32.8 Å². The lowest BCUT2D eigenvalue weighted by Crippen LogP contribution is -2.25. The number of hydrogen-bond donors (Lipinski definition) is 1. The lowest BCUT2D eigenvalue weighted by molar-refractivity contribution is -0.385. The Morgan fingerprint density at radius 3 is 2.67 bits per heavy atom. The summed E-state index contributed by atoms with van der Waals surface area (Å²) in [6, 6.07) is 5.17. The molecule has 0 atom stereocenters. The molecule has 0 fully saturated rings. The second-order valence-corrected chi connectivity index (χ2v) is 4.90. The number of aryl methyl sites for hydroxylation is 1. The van der Waals surface area contributed by atoms with E-state index in [4.69, 9.17) is 4.74 Å². The fourth-order valence-electron chi connectivity index (χ4n) is 1.53.